The van der Waals surface area contributed by atoms with E-state index in [2.05, 4.69) is 4.99 Å². The van der Waals surface area contributed by atoms with Gasteiger partial charge in [-0.2, -0.15) is 0 Å². The highest BCUT2D eigenvalue weighted by atomic mass is 16.5. The van der Waals surface area contributed by atoms with E-state index in [0.29, 0.717) is 11.7 Å². The fraction of sp³-hybridized carbons (Fsp3) is 0.333. The molecule has 0 aliphatic heterocycles. The molecule has 1 aromatic carbocycles. The highest BCUT2D eigenvalue weighted by Crippen LogP contribution is 2.25. The highest BCUT2D eigenvalue weighted by molar-refractivity contribution is 5.82. The molecule has 0 aliphatic rings. The van der Waals surface area contributed by atoms with E-state index >= 15 is 0 Å². The van der Waals surface area contributed by atoms with Crippen LogP contribution in [-0.2, 0) is 9.59 Å². The average Bonchev–Trinajstić information content (AvgIpc) is 2.27. The molecular weight excluding hydrogens is 206 g/mol. The predicted molar refractivity (Wildman–Crippen MR) is 59.2 cm³/mol. The van der Waals surface area contributed by atoms with Crippen molar-refractivity contribution in [3.8, 4) is 5.75 Å². The second kappa shape index (κ2) is 5.83. The van der Waals surface area contributed by atoms with E-state index in [1.165, 1.54) is 6.08 Å². The fourth-order valence-corrected chi connectivity index (χ4v) is 1.31. The Morgan fingerprint density at radius 3 is 2.75 bits per heavy atom. The molecule has 0 spiro atoms. The molecule has 0 unspecified atom stereocenters. The number of hydrogen-bond acceptors (Lipinski definition) is 3. The van der Waals surface area contributed by atoms with Crippen molar-refractivity contribution in [2.24, 2.45) is 4.99 Å². The Morgan fingerprint density at radius 1 is 1.44 bits per heavy atom. The van der Waals surface area contributed by atoms with Crippen molar-refractivity contribution >= 4 is 12.0 Å². The van der Waals surface area contributed by atoms with Gasteiger partial charge < -0.3 is 4.74 Å². The quantitative estimate of drug-likeness (QED) is 0.575. The van der Waals surface area contributed by atoms with E-state index in [0.717, 1.165) is 5.56 Å². The molecule has 1 rings (SSSR count). The molecular formula is C12H13NO3. The van der Waals surface area contributed by atoms with Crippen LogP contribution in [0.3, 0.4) is 0 Å². The van der Waals surface area contributed by atoms with Gasteiger partial charge in [0.2, 0.25) is 6.08 Å². The molecule has 4 heteroatoms. The molecule has 84 valence electrons. The van der Waals surface area contributed by atoms with Crippen LogP contribution in [0.25, 0.3) is 0 Å². The van der Waals surface area contributed by atoms with Gasteiger partial charge in [0.15, 0.2) is 6.61 Å². The lowest BCUT2D eigenvalue weighted by Crippen LogP contribution is -2.09. The van der Waals surface area contributed by atoms with Gasteiger partial charge in [0, 0.05) is 0 Å². The maximum Gasteiger partial charge on any atom is 0.294 e. The molecule has 0 saturated heterocycles. The molecule has 0 N–H and O–H groups in total. The SMILES string of the molecule is CC(C)c1ccccc1OCC(=O)N=C=O. The number of carbonyl (C=O) groups is 1. The third kappa shape index (κ3) is 3.33. The summed E-state index contributed by atoms with van der Waals surface area (Å²) < 4.78 is 5.29. The fourth-order valence-electron chi connectivity index (χ4n) is 1.31. The monoisotopic (exact) mass is 219 g/mol. The molecule has 0 fully saturated rings. The van der Waals surface area contributed by atoms with Crippen molar-refractivity contribution in [3.05, 3.63) is 29.8 Å². The van der Waals surface area contributed by atoms with Crippen molar-refractivity contribution in [1.29, 1.82) is 0 Å². The minimum absolute atomic E-state index is 0.237. The van der Waals surface area contributed by atoms with Crippen molar-refractivity contribution in [2.45, 2.75) is 19.8 Å². The van der Waals surface area contributed by atoms with E-state index in [1.807, 2.05) is 32.0 Å². The second-order valence-electron chi connectivity index (χ2n) is 3.58. The minimum Gasteiger partial charge on any atom is -0.483 e. The van der Waals surface area contributed by atoms with Crippen molar-refractivity contribution < 1.29 is 14.3 Å². The van der Waals surface area contributed by atoms with Gasteiger partial charge in [-0.1, -0.05) is 32.0 Å². The van der Waals surface area contributed by atoms with E-state index in [9.17, 15) is 9.59 Å². The number of amides is 1. The number of para-hydroxylation sites is 1. The maximum absolute atomic E-state index is 10.9. The first kappa shape index (κ1) is 12.1. The summed E-state index contributed by atoms with van der Waals surface area (Å²) in [5, 5.41) is 0. The molecule has 1 amide bonds. The third-order valence-electron chi connectivity index (χ3n) is 2.06. The average molecular weight is 219 g/mol. The van der Waals surface area contributed by atoms with Gasteiger partial charge in [0.1, 0.15) is 5.75 Å². The van der Waals surface area contributed by atoms with E-state index < -0.39 is 5.91 Å². The Labute approximate surface area is 94.0 Å². The number of benzene rings is 1. The number of hydrogen-bond donors (Lipinski definition) is 0. The van der Waals surface area contributed by atoms with E-state index in [4.69, 9.17) is 4.74 Å². The summed E-state index contributed by atoms with van der Waals surface area (Å²) in [5.41, 5.74) is 1.02. The lowest BCUT2D eigenvalue weighted by molar-refractivity contribution is -0.119. The van der Waals surface area contributed by atoms with Gasteiger partial charge in [0.25, 0.3) is 5.91 Å². The molecule has 0 atom stereocenters. The summed E-state index contributed by atoms with van der Waals surface area (Å²) in [4.78, 5) is 23.7. The molecule has 0 aliphatic carbocycles. The Hall–Kier alpha value is -1.93. The minimum atomic E-state index is -0.631. The Bertz CT molecular complexity index is 420. The smallest absolute Gasteiger partial charge is 0.294 e. The van der Waals surface area contributed by atoms with Crippen LogP contribution in [0.4, 0.5) is 0 Å². The summed E-state index contributed by atoms with van der Waals surface area (Å²) in [6, 6.07) is 7.46. The lowest BCUT2D eigenvalue weighted by atomic mass is 10.0. The molecule has 4 nitrogen and oxygen atoms in total. The van der Waals surface area contributed by atoms with Gasteiger partial charge in [-0.3, -0.25) is 4.79 Å². The number of isocyanates is 1. The number of carbonyl (C=O) groups excluding carboxylic acids is 2. The summed E-state index contributed by atoms with van der Waals surface area (Å²) in [6.45, 7) is 3.83. The summed E-state index contributed by atoms with van der Waals surface area (Å²) in [6.07, 6.45) is 1.19. The summed E-state index contributed by atoms with van der Waals surface area (Å²) in [7, 11) is 0. The first-order chi connectivity index (χ1) is 7.65. The molecule has 0 aromatic heterocycles. The zero-order chi connectivity index (χ0) is 12.0. The molecule has 16 heavy (non-hydrogen) atoms. The van der Waals surface area contributed by atoms with Crippen LogP contribution >= 0.6 is 0 Å². The molecule has 0 bridgehead atoms. The number of aliphatic imine (C=N–C) groups is 1. The topological polar surface area (TPSA) is 55.7 Å². The largest absolute Gasteiger partial charge is 0.483 e. The van der Waals surface area contributed by atoms with Crippen LogP contribution in [0.1, 0.15) is 25.3 Å². The molecule has 0 saturated carbocycles. The number of ether oxygens (including phenoxy) is 1. The lowest BCUT2D eigenvalue weighted by Gasteiger charge is -2.12. The van der Waals surface area contributed by atoms with Gasteiger partial charge in [-0.05, 0) is 17.5 Å². The van der Waals surface area contributed by atoms with Crippen LogP contribution in [0.5, 0.6) is 5.75 Å². The summed E-state index contributed by atoms with van der Waals surface area (Å²) in [5.74, 6) is 0.321. The molecule has 0 radical (unpaired) electrons. The molecule has 1 aromatic rings. The van der Waals surface area contributed by atoms with Crippen LogP contribution in [0.2, 0.25) is 0 Å². The van der Waals surface area contributed by atoms with E-state index in [-0.39, 0.29) is 6.61 Å². The van der Waals surface area contributed by atoms with Crippen LogP contribution < -0.4 is 4.74 Å². The van der Waals surface area contributed by atoms with E-state index in [1.54, 1.807) is 6.07 Å². The van der Waals surface area contributed by atoms with Gasteiger partial charge in [0.05, 0.1) is 0 Å². The maximum atomic E-state index is 10.9. The third-order valence-corrected chi connectivity index (χ3v) is 2.06. The number of nitrogens with zero attached hydrogens (tertiary/aromatic N) is 1. The zero-order valence-electron chi connectivity index (χ0n) is 9.27. The Balaban J connectivity index is 2.73. The van der Waals surface area contributed by atoms with Crippen LogP contribution in [0, 0.1) is 0 Å². The zero-order valence-corrected chi connectivity index (χ0v) is 9.27. The van der Waals surface area contributed by atoms with Crippen molar-refractivity contribution in [2.75, 3.05) is 6.61 Å². The first-order valence-electron chi connectivity index (χ1n) is 4.97. The van der Waals surface area contributed by atoms with Crippen LogP contribution in [-0.4, -0.2) is 18.6 Å². The Morgan fingerprint density at radius 2 is 2.12 bits per heavy atom. The van der Waals surface area contributed by atoms with Gasteiger partial charge in [-0.25, -0.2) is 4.79 Å². The summed E-state index contributed by atoms with van der Waals surface area (Å²) >= 11 is 0. The normalized spacial score (nSPS) is 9.69. The highest BCUT2D eigenvalue weighted by Gasteiger charge is 2.08. The second-order valence-corrected chi connectivity index (χ2v) is 3.58. The van der Waals surface area contributed by atoms with Gasteiger partial charge in [-0.15, -0.1) is 4.99 Å². The first-order valence-corrected chi connectivity index (χ1v) is 4.97. The predicted octanol–water partition coefficient (Wildman–Crippen LogP) is 2.05. The van der Waals surface area contributed by atoms with Crippen LogP contribution in [0.15, 0.2) is 29.3 Å². The molecule has 0 heterocycles. The number of rotatable bonds is 4. The van der Waals surface area contributed by atoms with Gasteiger partial charge >= 0.3 is 0 Å². The standard InChI is InChI=1S/C12H13NO3/c1-9(2)10-5-3-4-6-11(10)16-7-12(15)13-8-14/h3-6,9H,7H2,1-2H3. The Kier molecular flexibility index (Phi) is 4.42. The van der Waals surface area contributed by atoms with Crippen molar-refractivity contribution in [3.63, 3.8) is 0 Å². The van der Waals surface area contributed by atoms with Crippen molar-refractivity contribution in [1.82, 2.24) is 0 Å².